The number of para-hydroxylation sites is 1. The maximum atomic E-state index is 6.14. The van der Waals surface area contributed by atoms with Crippen molar-refractivity contribution in [3.63, 3.8) is 0 Å². The molecule has 0 spiro atoms. The summed E-state index contributed by atoms with van der Waals surface area (Å²) in [6.07, 6.45) is 1.13. The van der Waals surface area contributed by atoms with Crippen molar-refractivity contribution < 1.29 is 0 Å². The van der Waals surface area contributed by atoms with E-state index in [1.807, 2.05) is 0 Å². The van der Waals surface area contributed by atoms with Gasteiger partial charge in [-0.05, 0) is 42.3 Å². The van der Waals surface area contributed by atoms with Crippen LogP contribution in [0.15, 0.2) is 59.6 Å². The van der Waals surface area contributed by atoms with Crippen LogP contribution in [0.4, 0.5) is 11.4 Å². The Morgan fingerprint density at radius 2 is 1.46 bits per heavy atom. The Bertz CT molecular complexity index is 701. The first-order valence-corrected chi connectivity index (χ1v) is 9.62. The summed E-state index contributed by atoms with van der Waals surface area (Å²) in [7, 11) is 0. The van der Waals surface area contributed by atoms with Crippen LogP contribution in [-0.4, -0.2) is 38.6 Å². The van der Waals surface area contributed by atoms with Gasteiger partial charge >= 0.3 is 0 Å². The molecule has 1 aliphatic rings. The van der Waals surface area contributed by atoms with E-state index in [4.69, 9.17) is 5.73 Å². The lowest BCUT2D eigenvalue weighted by Gasteiger charge is -2.37. The molecule has 1 aliphatic heterocycles. The van der Waals surface area contributed by atoms with Crippen LogP contribution in [0.1, 0.15) is 25.8 Å². The average molecular weight is 351 g/mol. The van der Waals surface area contributed by atoms with Crippen LogP contribution in [0, 0.1) is 5.92 Å². The third-order valence-electron chi connectivity index (χ3n) is 5.20. The molecule has 4 nitrogen and oxygen atoms in total. The van der Waals surface area contributed by atoms with E-state index in [0.717, 1.165) is 44.7 Å². The van der Waals surface area contributed by atoms with Crippen LogP contribution in [0.3, 0.4) is 0 Å². The highest BCUT2D eigenvalue weighted by Gasteiger charge is 2.17. The third-order valence-corrected chi connectivity index (χ3v) is 5.20. The van der Waals surface area contributed by atoms with Crippen molar-refractivity contribution in [3.05, 3.63) is 60.2 Å². The zero-order chi connectivity index (χ0) is 18.4. The number of nitrogens with two attached hydrogens (primary N) is 1. The van der Waals surface area contributed by atoms with E-state index in [9.17, 15) is 0 Å². The molecular weight excluding hydrogens is 320 g/mol. The number of hydrogen-bond acceptors (Lipinski definition) is 3. The van der Waals surface area contributed by atoms with Gasteiger partial charge in [0, 0.05) is 49.7 Å². The fraction of sp³-hybridized carbons (Fsp3) is 0.409. The predicted octanol–water partition coefficient (Wildman–Crippen LogP) is 3.76. The monoisotopic (exact) mass is 350 g/mol. The van der Waals surface area contributed by atoms with E-state index in [2.05, 4.69) is 83.2 Å². The lowest BCUT2D eigenvalue weighted by atomic mass is 10.1. The fourth-order valence-electron chi connectivity index (χ4n) is 3.18. The smallest absolute Gasteiger partial charge is 0.125 e. The van der Waals surface area contributed by atoms with Gasteiger partial charge in [-0.2, -0.15) is 0 Å². The van der Waals surface area contributed by atoms with Crippen LogP contribution in [0.2, 0.25) is 0 Å². The molecule has 0 bridgehead atoms. The number of rotatable bonds is 6. The molecule has 1 heterocycles. The number of amidine groups is 1. The number of anilines is 2. The van der Waals surface area contributed by atoms with E-state index < -0.39 is 0 Å². The van der Waals surface area contributed by atoms with Gasteiger partial charge in [0.25, 0.3) is 0 Å². The summed E-state index contributed by atoms with van der Waals surface area (Å²) in [4.78, 5) is 9.41. The first kappa shape index (κ1) is 18.3. The lowest BCUT2D eigenvalue weighted by molar-refractivity contribution is 0.577. The summed E-state index contributed by atoms with van der Waals surface area (Å²) in [5.74, 6) is 1.22. The van der Waals surface area contributed by atoms with Crippen molar-refractivity contribution in [1.82, 2.24) is 0 Å². The molecule has 0 radical (unpaired) electrons. The van der Waals surface area contributed by atoms with Gasteiger partial charge in [-0.1, -0.05) is 38.5 Å². The standard InChI is InChI=1S/C22H30N4/c1-3-18(2)17-24-22(23)19-9-11-21(12-10-19)26-15-13-25(14-16-26)20-7-5-4-6-8-20/h4-12,18H,3,13-17H2,1-2H3,(H2,23,24). The van der Waals surface area contributed by atoms with E-state index >= 15 is 0 Å². The highest BCUT2D eigenvalue weighted by Crippen LogP contribution is 2.20. The maximum absolute atomic E-state index is 6.14. The van der Waals surface area contributed by atoms with Gasteiger partial charge in [-0.15, -0.1) is 0 Å². The highest BCUT2D eigenvalue weighted by molar-refractivity contribution is 5.97. The number of nitrogens with zero attached hydrogens (tertiary/aromatic N) is 3. The lowest BCUT2D eigenvalue weighted by Crippen LogP contribution is -2.46. The van der Waals surface area contributed by atoms with E-state index in [-0.39, 0.29) is 0 Å². The Labute approximate surface area is 157 Å². The molecule has 1 saturated heterocycles. The number of hydrogen-bond donors (Lipinski definition) is 1. The zero-order valence-electron chi connectivity index (χ0n) is 15.9. The van der Waals surface area contributed by atoms with E-state index in [1.165, 1.54) is 11.4 Å². The van der Waals surface area contributed by atoms with Crippen LogP contribution in [0.5, 0.6) is 0 Å². The molecule has 0 aliphatic carbocycles. The van der Waals surface area contributed by atoms with Gasteiger partial charge < -0.3 is 15.5 Å². The summed E-state index contributed by atoms with van der Waals surface area (Å²) in [6.45, 7) is 9.34. The van der Waals surface area contributed by atoms with Gasteiger partial charge in [-0.3, -0.25) is 4.99 Å². The van der Waals surface area contributed by atoms with Crippen molar-refractivity contribution in [2.45, 2.75) is 20.3 Å². The fourth-order valence-corrected chi connectivity index (χ4v) is 3.18. The summed E-state index contributed by atoms with van der Waals surface area (Å²) < 4.78 is 0. The number of piperazine rings is 1. The van der Waals surface area contributed by atoms with E-state index in [1.54, 1.807) is 0 Å². The summed E-state index contributed by atoms with van der Waals surface area (Å²) in [5, 5.41) is 0. The maximum Gasteiger partial charge on any atom is 0.125 e. The first-order valence-electron chi connectivity index (χ1n) is 9.62. The number of benzene rings is 2. The molecule has 1 unspecified atom stereocenters. The molecule has 1 fully saturated rings. The molecule has 2 N–H and O–H groups in total. The van der Waals surface area contributed by atoms with Gasteiger partial charge in [0.05, 0.1) is 0 Å². The molecule has 2 aromatic carbocycles. The Kier molecular flexibility index (Phi) is 6.16. The quantitative estimate of drug-likeness (QED) is 0.637. The minimum atomic E-state index is 0.578. The van der Waals surface area contributed by atoms with Gasteiger partial charge in [0.2, 0.25) is 0 Å². The molecule has 26 heavy (non-hydrogen) atoms. The Balaban J connectivity index is 1.58. The van der Waals surface area contributed by atoms with Crippen molar-refractivity contribution in [2.75, 3.05) is 42.5 Å². The minimum Gasteiger partial charge on any atom is -0.384 e. The minimum absolute atomic E-state index is 0.578. The molecule has 1 atom stereocenters. The molecule has 0 aromatic heterocycles. The Morgan fingerprint density at radius 3 is 2.00 bits per heavy atom. The average Bonchev–Trinajstić information content (AvgIpc) is 2.72. The second-order valence-corrected chi connectivity index (χ2v) is 7.10. The summed E-state index contributed by atoms with van der Waals surface area (Å²) in [5.41, 5.74) is 9.73. The zero-order valence-corrected chi connectivity index (χ0v) is 15.9. The van der Waals surface area contributed by atoms with Crippen LogP contribution in [0.25, 0.3) is 0 Å². The predicted molar refractivity (Wildman–Crippen MR) is 112 cm³/mol. The van der Waals surface area contributed by atoms with Gasteiger partial charge in [0.1, 0.15) is 5.84 Å². The molecule has 0 saturated carbocycles. The van der Waals surface area contributed by atoms with Crippen molar-refractivity contribution >= 4 is 17.2 Å². The van der Waals surface area contributed by atoms with Crippen molar-refractivity contribution in [1.29, 1.82) is 0 Å². The molecule has 3 rings (SSSR count). The topological polar surface area (TPSA) is 44.9 Å². The first-order chi connectivity index (χ1) is 12.7. The van der Waals surface area contributed by atoms with Crippen LogP contribution < -0.4 is 15.5 Å². The van der Waals surface area contributed by atoms with E-state index in [0.29, 0.717) is 11.8 Å². The molecule has 138 valence electrons. The normalized spacial score (nSPS) is 16.6. The van der Waals surface area contributed by atoms with Gasteiger partial charge in [-0.25, -0.2) is 0 Å². The Hall–Kier alpha value is -2.49. The van der Waals surface area contributed by atoms with Gasteiger partial charge in [0.15, 0.2) is 0 Å². The largest absolute Gasteiger partial charge is 0.384 e. The second kappa shape index (κ2) is 8.75. The number of aliphatic imine (C=N–C) groups is 1. The Morgan fingerprint density at radius 1 is 0.923 bits per heavy atom. The van der Waals surface area contributed by atoms with Crippen LogP contribution in [-0.2, 0) is 0 Å². The molecule has 0 amide bonds. The van der Waals surface area contributed by atoms with Crippen molar-refractivity contribution in [2.24, 2.45) is 16.6 Å². The molecule has 2 aromatic rings. The van der Waals surface area contributed by atoms with Crippen molar-refractivity contribution in [3.8, 4) is 0 Å². The third kappa shape index (κ3) is 4.57. The summed E-state index contributed by atoms with van der Waals surface area (Å²) >= 11 is 0. The second-order valence-electron chi connectivity index (χ2n) is 7.10. The molecule has 4 heteroatoms. The summed E-state index contributed by atoms with van der Waals surface area (Å²) in [6, 6.07) is 19.2. The highest BCUT2D eigenvalue weighted by atomic mass is 15.3. The molecular formula is C22H30N4. The SMILES string of the molecule is CCC(C)CN=C(N)c1ccc(N2CCN(c3ccccc3)CC2)cc1. The van der Waals surface area contributed by atoms with Crippen LogP contribution >= 0.6 is 0 Å².